The Bertz CT molecular complexity index is 1590. The van der Waals surface area contributed by atoms with Gasteiger partial charge in [0.15, 0.2) is 5.82 Å². The molecular formula is C25H26F3N9O2. The van der Waals surface area contributed by atoms with Gasteiger partial charge in [-0.2, -0.15) is 23.4 Å². The van der Waals surface area contributed by atoms with Crippen LogP contribution in [-0.2, 0) is 16.1 Å². The van der Waals surface area contributed by atoms with Gasteiger partial charge in [-0.25, -0.2) is 9.50 Å². The summed E-state index contributed by atoms with van der Waals surface area (Å²) in [6.07, 6.45) is 1.15. The zero-order valence-corrected chi connectivity index (χ0v) is 21.6. The second-order valence-corrected chi connectivity index (χ2v) is 9.98. The molecule has 0 radical (unpaired) electrons. The topological polar surface area (TPSA) is 128 Å². The van der Waals surface area contributed by atoms with E-state index in [0.29, 0.717) is 34.6 Å². The highest BCUT2D eigenvalue weighted by Gasteiger charge is 2.46. The molecule has 1 unspecified atom stereocenters. The molecule has 0 bridgehead atoms. The summed E-state index contributed by atoms with van der Waals surface area (Å²) >= 11 is 0. The number of carbonyl (C=O) groups is 2. The zero-order valence-electron chi connectivity index (χ0n) is 21.6. The lowest BCUT2D eigenvalue weighted by Gasteiger charge is -2.48. The Morgan fingerprint density at radius 1 is 1.18 bits per heavy atom. The molecule has 0 aliphatic carbocycles. The van der Waals surface area contributed by atoms with Crippen molar-refractivity contribution in [1.29, 1.82) is 0 Å². The first-order chi connectivity index (χ1) is 18.3. The second-order valence-electron chi connectivity index (χ2n) is 9.98. The van der Waals surface area contributed by atoms with Crippen LogP contribution in [-0.4, -0.2) is 70.4 Å². The first-order valence-electron chi connectivity index (χ1n) is 12.1. The van der Waals surface area contributed by atoms with E-state index in [0.717, 1.165) is 4.68 Å². The van der Waals surface area contributed by atoms with E-state index in [1.165, 1.54) is 30.0 Å². The smallest absolute Gasteiger partial charge is 0.382 e. The van der Waals surface area contributed by atoms with Crippen LogP contribution in [0.25, 0.3) is 28.0 Å². The molecule has 1 aliphatic rings. The molecule has 204 valence electrons. The van der Waals surface area contributed by atoms with E-state index in [9.17, 15) is 22.8 Å². The molecule has 0 aromatic carbocycles. The molecule has 4 aromatic heterocycles. The Hall–Kier alpha value is -4.49. The van der Waals surface area contributed by atoms with Crippen LogP contribution in [0.3, 0.4) is 0 Å². The van der Waals surface area contributed by atoms with Crippen LogP contribution >= 0.6 is 0 Å². The number of amides is 2. The van der Waals surface area contributed by atoms with Gasteiger partial charge in [0.25, 0.3) is 5.91 Å². The number of hydrogen-bond acceptors (Lipinski definition) is 7. The van der Waals surface area contributed by atoms with E-state index < -0.39 is 18.3 Å². The van der Waals surface area contributed by atoms with Crippen molar-refractivity contribution in [2.75, 3.05) is 17.2 Å². The van der Waals surface area contributed by atoms with Crippen molar-refractivity contribution in [3.63, 3.8) is 0 Å². The summed E-state index contributed by atoms with van der Waals surface area (Å²) in [7, 11) is 0. The standard InChI is InChI=1S/C25H26F3N9O2/c1-14-11-34(15(2)38)24(3,4)23(39)36(14)17-7-16(9-30-10-17)20-8-18(21-22(29)31-13-33-37(20)21)19-5-6-32-35(19)12-25(26,27)28/h5-10,13-14H,11-12H2,1-4H3,(H2,29,31,33). The molecule has 14 heteroatoms. The van der Waals surface area contributed by atoms with Crippen LogP contribution in [0.4, 0.5) is 24.7 Å². The fourth-order valence-electron chi connectivity index (χ4n) is 5.10. The fraction of sp³-hybridized carbons (Fsp3) is 0.360. The van der Waals surface area contributed by atoms with Gasteiger partial charge in [0.05, 0.1) is 29.3 Å². The third kappa shape index (κ3) is 4.45. The van der Waals surface area contributed by atoms with E-state index in [1.807, 2.05) is 6.92 Å². The fourth-order valence-corrected chi connectivity index (χ4v) is 5.10. The van der Waals surface area contributed by atoms with Gasteiger partial charge in [0, 0.05) is 37.0 Å². The molecule has 2 amide bonds. The summed E-state index contributed by atoms with van der Waals surface area (Å²) in [6.45, 7) is 5.73. The lowest BCUT2D eigenvalue weighted by atomic mass is 9.94. The lowest BCUT2D eigenvalue weighted by Crippen LogP contribution is -2.67. The van der Waals surface area contributed by atoms with Crippen molar-refractivity contribution in [3.8, 4) is 22.5 Å². The molecular weight excluding hydrogens is 515 g/mol. The van der Waals surface area contributed by atoms with Crippen molar-refractivity contribution in [3.05, 3.63) is 43.1 Å². The first kappa shape index (κ1) is 26.1. The van der Waals surface area contributed by atoms with Gasteiger partial charge in [-0.1, -0.05) is 0 Å². The Kier molecular flexibility index (Phi) is 6.07. The molecule has 0 spiro atoms. The number of carbonyl (C=O) groups excluding carboxylic acids is 2. The largest absolute Gasteiger partial charge is 0.408 e. The number of hydrogen-bond donors (Lipinski definition) is 1. The van der Waals surface area contributed by atoms with E-state index >= 15 is 0 Å². The molecule has 1 atom stereocenters. The molecule has 0 saturated carbocycles. The number of fused-ring (bicyclic) bond motifs is 1. The maximum atomic E-state index is 13.5. The van der Waals surface area contributed by atoms with Gasteiger partial charge in [0.2, 0.25) is 5.91 Å². The van der Waals surface area contributed by atoms with Crippen molar-refractivity contribution < 1.29 is 22.8 Å². The maximum absolute atomic E-state index is 13.5. The van der Waals surface area contributed by atoms with Gasteiger partial charge < -0.3 is 15.5 Å². The number of nitrogens with zero attached hydrogens (tertiary/aromatic N) is 8. The number of alkyl halides is 3. The van der Waals surface area contributed by atoms with Crippen LogP contribution in [0.2, 0.25) is 0 Å². The third-order valence-electron chi connectivity index (χ3n) is 6.89. The van der Waals surface area contributed by atoms with Gasteiger partial charge in [-0.3, -0.25) is 19.3 Å². The number of anilines is 2. The number of aromatic nitrogens is 6. The summed E-state index contributed by atoms with van der Waals surface area (Å²) in [4.78, 5) is 37.3. The number of piperazine rings is 1. The summed E-state index contributed by atoms with van der Waals surface area (Å²) in [5, 5.41) is 8.14. The number of rotatable bonds is 4. The van der Waals surface area contributed by atoms with E-state index in [-0.39, 0.29) is 29.4 Å². The van der Waals surface area contributed by atoms with E-state index in [4.69, 9.17) is 5.73 Å². The van der Waals surface area contributed by atoms with Gasteiger partial charge in [0.1, 0.15) is 23.9 Å². The SMILES string of the molecule is CC(=O)N1CC(C)N(c2cncc(-c3cc(-c4ccnn4CC(F)(F)F)c4c(N)ncnn34)c2)C(=O)C1(C)C. The second kappa shape index (κ2) is 9.06. The molecule has 11 nitrogen and oxygen atoms in total. The quantitative estimate of drug-likeness (QED) is 0.420. The molecule has 5 rings (SSSR count). The van der Waals surface area contributed by atoms with E-state index in [2.05, 4.69) is 20.2 Å². The summed E-state index contributed by atoms with van der Waals surface area (Å²) in [5.41, 5.74) is 7.46. The van der Waals surface area contributed by atoms with E-state index in [1.54, 1.807) is 48.2 Å². The Morgan fingerprint density at radius 3 is 2.62 bits per heavy atom. The first-order valence-corrected chi connectivity index (χ1v) is 12.1. The average Bonchev–Trinajstić information content (AvgIpc) is 3.45. The van der Waals surface area contributed by atoms with Crippen molar-refractivity contribution in [2.24, 2.45) is 0 Å². The average molecular weight is 542 g/mol. The minimum atomic E-state index is -4.48. The van der Waals surface area contributed by atoms with Crippen LogP contribution in [0, 0.1) is 0 Å². The Morgan fingerprint density at radius 2 is 1.92 bits per heavy atom. The van der Waals surface area contributed by atoms with Crippen LogP contribution in [0.1, 0.15) is 27.7 Å². The highest BCUT2D eigenvalue weighted by Crippen LogP contribution is 2.37. The third-order valence-corrected chi connectivity index (χ3v) is 6.89. The monoisotopic (exact) mass is 541 g/mol. The predicted octanol–water partition coefficient (Wildman–Crippen LogP) is 3.16. The van der Waals surface area contributed by atoms with Crippen LogP contribution < -0.4 is 10.6 Å². The molecule has 2 N–H and O–H groups in total. The molecule has 1 saturated heterocycles. The van der Waals surface area contributed by atoms with Crippen LogP contribution in [0.5, 0.6) is 0 Å². The van der Waals surface area contributed by atoms with Crippen molar-refractivity contribution in [2.45, 2.75) is 52.0 Å². The minimum Gasteiger partial charge on any atom is -0.382 e. The molecule has 5 heterocycles. The maximum Gasteiger partial charge on any atom is 0.408 e. The lowest BCUT2D eigenvalue weighted by molar-refractivity contribution is -0.146. The summed E-state index contributed by atoms with van der Waals surface area (Å²) in [6, 6.07) is 4.52. The highest BCUT2D eigenvalue weighted by molar-refractivity contribution is 6.03. The number of nitrogens with two attached hydrogens (primary N) is 1. The molecule has 1 fully saturated rings. The zero-order chi connectivity index (χ0) is 28.3. The number of halogens is 3. The molecule has 4 aromatic rings. The van der Waals surface area contributed by atoms with Crippen molar-refractivity contribution >= 4 is 28.8 Å². The number of pyridine rings is 1. The molecule has 39 heavy (non-hydrogen) atoms. The predicted molar refractivity (Wildman–Crippen MR) is 136 cm³/mol. The normalized spacial score (nSPS) is 17.7. The summed E-state index contributed by atoms with van der Waals surface area (Å²) in [5.74, 6) is -0.388. The van der Waals surface area contributed by atoms with Gasteiger partial charge in [-0.05, 0) is 39.0 Å². The number of nitrogen functional groups attached to an aromatic ring is 1. The van der Waals surface area contributed by atoms with Crippen molar-refractivity contribution in [1.82, 2.24) is 34.3 Å². The van der Waals surface area contributed by atoms with Gasteiger partial charge in [-0.15, -0.1) is 0 Å². The highest BCUT2D eigenvalue weighted by atomic mass is 19.4. The minimum absolute atomic E-state index is 0.0704. The summed E-state index contributed by atoms with van der Waals surface area (Å²) < 4.78 is 41.9. The Balaban J connectivity index is 1.62. The van der Waals surface area contributed by atoms with Gasteiger partial charge >= 0.3 is 6.18 Å². The Labute approximate surface area is 221 Å². The van der Waals surface area contributed by atoms with Crippen LogP contribution in [0.15, 0.2) is 43.1 Å². The molecule has 1 aliphatic heterocycles.